The molecule has 188 valence electrons. The Labute approximate surface area is 215 Å². The van der Waals surface area contributed by atoms with Gasteiger partial charge in [-0.2, -0.15) is 0 Å². The Kier molecular flexibility index (Phi) is 7.48. The Morgan fingerprint density at radius 2 is 2.00 bits per heavy atom. The number of aromatic nitrogens is 4. The lowest BCUT2D eigenvalue weighted by Gasteiger charge is -2.27. The average Bonchev–Trinajstić information content (AvgIpc) is 3.43. The number of rotatable bonds is 8. The lowest BCUT2D eigenvalue weighted by molar-refractivity contribution is 0.193. The van der Waals surface area contributed by atoms with Gasteiger partial charge in [0.25, 0.3) is 0 Å². The van der Waals surface area contributed by atoms with Crippen LogP contribution in [-0.2, 0) is 6.54 Å². The quantitative estimate of drug-likeness (QED) is 0.489. The Morgan fingerprint density at radius 1 is 1.14 bits per heavy atom. The highest BCUT2D eigenvalue weighted by molar-refractivity contribution is 6.32. The van der Waals surface area contributed by atoms with E-state index in [1.165, 1.54) is 5.56 Å². The number of tetrazole rings is 1. The summed E-state index contributed by atoms with van der Waals surface area (Å²) in [6.45, 7) is 5.11. The first kappa shape index (κ1) is 24.3. The van der Waals surface area contributed by atoms with Crippen LogP contribution >= 0.6 is 11.6 Å². The Hall–Kier alpha value is -3.43. The van der Waals surface area contributed by atoms with Crippen LogP contribution in [0.15, 0.2) is 53.9 Å². The maximum Gasteiger partial charge on any atom is 0.142 e. The molecule has 3 heterocycles. The molecule has 5 rings (SSSR count). The molecule has 0 amide bonds. The standard InChI is InChI=1S/C26H30ClN7O2/c1-18(14-34-17-30-31-32-34)36-25-11-21(3-5-23(25)27)22-13-29-16-33(15-22)24-6-4-20(12-26(24)35-2)19-7-9-28-10-8-19/h3-6,11-13,15,17-19,28H,7-10,14,16H2,1-2H3/t18-/m0/s1. The minimum atomic E-state index is -0.172. The molecule has 0 saturated carbocycles. The highest BCUT2D eigenvalue weighted by Crippen LogP contribution is 2.36. The fourth-order valence-corrected chi connectivity index (χ4v) is 4.82. The lowest BCUT2D eigenvalue weighted by atomic mass is 9.90. The molecule has 0 aliphatic carbocycles. The minimum absolute atomic E-state index is 0.172. The third-order valence-electron chi connectivity index (χ3n) is 6.51. The molecule has 1 atom stereocenters. The first-order valence-electron chi connectivity index (χ1n) is 12.1. The Morgan fingerprint density at radius 3 is 2.78 bits per heavy atom. The average molecular weight is 508 g/mol. The number of methoxy groups -OCH3 is 1. The molecule has 1 fully saturated rings. The molecular weight excluding hydrogens is 478 g/mol. The summed E-state index contributed by atoms with van der Waals surface area (Å²) in [5.41, 5.74) is 4.24. The number of halogens is 1. The number of hydrogen-bond acceptors (Lipinski definition) is 8. The fourth-order valence-electron chi connectivity index (χ4n) is 4.66. The SMILES string of the molecule is COc1cc(C2CCNCC2)ccc1N1C=C(c2ccc(Cl)c(O[C@@H](C)Cn3cnnn3)c2)C=NC1. The number of aliphatic imine (C=N–C) groups is 1. The Bertz CT molecular complexity index is 1240. The molecule has 2 aliphatic heterocycles. The van der Waals surface area contributed by atoms with E-state index in [0.717, 1.165) is 48.5 Å². The van der Waals surface area contributed by atoms with Crippen molar-refractivity contribution in [3.05, 3.63) is 65.1 Å². The van der Waals surface area contributed by atoms with Crippen LogP contribution in [-0.4, -0.2) is 59.4 Å². The summed E-state index contributed by atoms with van der Waals surface area (Å²) in [5.74, 6) is 2.02. The largest absolute Gasteiger partial charge is 0.495 e. The number of benzene rings is 2. The molecule has 1 saturated heterocycles. The van der Waals surface area contributed by atoms with E-state index in [2.05, 4.69) is 55.1 Å². The third-order valence-corrected chi connectivity index (χ3v) is 6.82. The van der Waals surface area contributed by atoms with E-state index in [1.54, 1.807) is 18.1 Å². The lowest BCUT2D eigenvalue weighted by Crippen LogP contribution is -2.26. The summed E-state index contributed by atoms with van der Waals surface area (Å²) < 4.78 is 13.5. The van der Waals surface area contributed by atoms with Crippen LogP contribution in [0, 0.1) is 0 Å². The summed E-state index contributed by atoms with van der Waals surface area (Å²) in [6, 6.07) is 12.3. The second-order valence-electron chi connectivity index (χ2n) is 9.07. The zero-order valence-corrected chi connectivity index (χ0v) is 21.2. The smallest absolute Gasteiger partial charge is 0.142 e. The Balaban J connectivity index is 1.36. The van der Waals surface area contributed by atoms with Gasteiger partial charge < -0.3 is 19.7 Å². The fraction of sp³-hybridized carbons (Fsp3) is 0.385. The van der Waals surface area contributed by atoms with Crippen molar-refractivity contribution in [3.8, 4) is 11.5 Å². The number of allylic oxidation sites excluding steroid dienone is 1. The number of ether oxygens (including phenoxy) is 2. The van der Waals surface area contributed by atoms with Crippen LogP contribution < -0.4 is 19.7 Å². The normalized spacial score (nSPS) is 17.1. The number of piperidine rings is 1. The monoisotopic (exact) mass is 507 g/mol. The van der Waals surface area contributed by atoms with Gasteiger partial charge in [-0.05, 0) is 84.6 Å². The van der Waals surface area contributed by atoms with Gasteiger partial charge in [-0.25, -0.2) is 4.68 Å². The van der Waals surface area contributed by atoms with Crippen LogP contribution in [0.4, 0.5) is 5.69 Å². The predicted molar refractivity (Wildman–Crippen MR) is 141 cm³/mol. The first-order chi connectivity index (χ1) is 17.6. The molecule has 1 N–H and O–H groups in total. The zero-order chi connectivity index (χ0) is 24.9. The van der Waals surface area contributed by atoms with Crippen molar-refractivity contribution in [2.75, 3.05) is 31.8 Å². The summed E-state index contributed by atoms with van der Waals surface area (Å²) in [5, 5.41) is 15.2. The van der Waals surface area contributed by atoms with E-state index in [0.29, 0.717) is 29.9 Å². The third kappa shape index (κ3) is 5.52. The van der Waals surface area contributed by atoms with E-state index in [1.807, 2.05) is 31.3 Å². The van der Waals surface area contributed by atoms with Crippen molar-refractivity contribution < 1.29 is 9.47 Å². The molecule has 36 heavy (non-hydrogen) atoms. The first-order valence-corrected chi connectivity index (χ1v) is 12.5. The zero-order valence-electron chi connectivity index (χ0n) is 20.5. The summed E-state index contributed by atoms with van der Waals surface area (Å²) >= 11 is 6.45. The number of anilines is 1. The molecule has 0 radical (unpaired) electrons. The second-order valence-corrected chi connectivity index (χ2v) is 9.48. The highest BCUT2D eigenvalue weighted by atomic mass is 35.5. The van der Waals surface area contributed by atoms with E-state index in [-0.39, 0.29) is 6.10 Å². The van der Waals surface area contributed by atoms with Gasteiger partial charge in [0.15, 0.2) is 0 Å². The van der Waals surface area contributed by atoms with Gasteiger partial charge in [-0.1, -0.05) is 23.7 Å². The van der Waals surface area contributed by atoms with Crippen molar-refractivity contribution in [1.82, 2.24) is 25.5 Å². The van der Waals surface area contributed by atoms with Crippen molar-refractivity contribution in [2.24, 2.45) is 4.99 Å². The summed E-state index contributed by atoms with van der Waals surface area (Å²) in [6.07, 6.45) is 7.65. The molecule has 0 spiro atoms. The summed E-state index contributed by atoms with van der Waals surface area (Å²) in [7, 11) is 1.72. The van der Waals surface area contributed by atoms with Crippen molar-refractivity contribution in [2.45, 2.75) is 38.3 Å². The molecule has 10 heteroatoms. The van der Waals surface area contributed by atoms with Gasteiger partial charge in [0.05, 0.1) is 24.4 Å². The molecule has 0 unspecified atom stereocenters. The van der Waals surface area contributed by atoms with Crippen LogP contribution in [0.1, 0.15) is 36.8 Å². The maximum atomic E-state index is 6.45. The molecular formula is C26H30ClN7O2. The van der Waals surface area contributed by atoms with Crippen LogP contribution in [0.2, 0.25) is 5.02 Å². The van der Waals surface area contributed by atoms with Gasteiger partial charge in [-0.15, -0.1) is 5.10 Å². The van der Waals surface area contributed by atoms with E-state index >= 15 is 0 Å². The molecule has 9 nitrogen and oxygen atoms in total. The predicted octanol–water partition coefficient (Wildman–Crippen LogP) is 4.16. The van der Waals surface area contributed by atoms with Gasteiger partial charge in [0.1, 0.15) is 30.6 Å². The van der Waals surface area contributed by atoms with Crippen molar-refractivity contribution >= 4 is 29.1 Å². The molecule has 2 aromatic carbocycles. The van der Waals surface area contributed by atoms with Crippen LogP contribution in [0.5, 0.6) is 11.5 Å². The van der Waals surface area contributed by atoms with Crippen molar-refractivity contribution in [1.29, 1.82) is 0 Å². The topological polar surface area (TPSA) is 89.7 Å². The van der Waals surface area contributed by atoms with Crippen molar-refractivity contribution in [3.63, 3.8) is 0 Å². The molecule has 2 aliphatic rings. The molecule has 0 bridgehead atoms. The van der Waals surface area contributed by atoms with Crippen LogP contribution in [0.3, 0.4) is 0 Å². The highest BCUT2D eigenvalue weighted by Gasteiger charge is 2.20. The van der Waals surface area contributed by atoms with Gasteiger partial charge in [0, 0.05) is 18.0 Å². The second kappa shape index (κ2) is 11.1. The van der Waals surface area contributed by atoms with Gasteiger partial charge in [-0.3, -0.25) is 4.99 Å². The number of nitrogens with zero attached hydrogens (tertiary/aromatic N) is 6. The summed E-state index contributed by atoms with van der Waals surface area (Å²) in [4.78, 5) is 6.72. The molecule has 3 aromatic rings. The van der Waals surface area contributed by atoms with E-state index in [4.69, 9.17) is 21.1 Å². The minimum Gasteiger partial charge on any atom is -0.495 e. The maximum absolute atomic E-state index is 6.45. The van der Waals surface area contributed by atoms with E-state index in [9.17, 15) is 0 Å². The van der Waals surface area contributed by atoms with Gasteiger partial charge >= 0.3 is 0 Å². The number of nitrogens with one attached hydrogen (secondary N) is 1. The van der Waals surface area contributed by atoms with Crippen LogP contribution in [0.25, 0.3) is 5.57 Å². The number of hydrogen-bond donors (Lipinski definition) is 1. The molecule has 1 aromatic heterocycles. The van der Waals surface area contributed by atoms with E-state index < -0.39 is 0 Å². The van der Waals surface area contributed by atoms with Gasteiger partial charge in [0.2, 0.25) is 0 Å².